The van der Waals surface area contributed by atoms with E-state index in [1.807, 2.05) is 0 Å². The number of hydrogen-bond donors (Lipinski definition) is 3. The minimum absolute atomic E-state index is 0.0428. The second-order valence-corrected chi connectivity index (χ2v) is 19.3. The highest BCUT2D eigenvalue weighted by Crippen LogP contribution is 2.18. The Morgan fingerprint density at radius 1 is 0.462 bits per heavy atom. The lowest BCUT2D eigenvalue weighted by atomic mass is 10.0. The predicted molar refractivity (Wildman–Crippen MR) is 282 cm³/mol. The molecular weight excluding hydrogens is 803 g/mol. The molecule has 6 heteroatoms. The summed E-state index contributed by atoms with van der Waals surface area (Å²) in [7, 11) is 0. The third-order valence-electron chi connectivity index (χ3n) is 12.9. The lowest BCUT2D eigenvalue weighted by molar-refractivity contribution is -0.151. The molecule has 0 spiro atoms. The SMILES string of the molecule is CC/C=C/C/C=C/C/C=C/C/C=C/CCCC(CC(=O)NC(CO)C(O)CCCCCCCCCCCCCCCCCCC)OC(=O)CCCCCCCCCCCCCCCCC. The van der Waals surface area contributed by atoms with Crippen molar-refractivity contribution < 1.29 is 24.5 Å². The summed E-state index contributed by atoms with van der Waals surface area (Å²) >= 11 is 0. The number of aliphatic hydroxyl groups excluding tert-OH is 2. The molecule has 65 heavy (non-hydrogen) atoms. The van der Waals surface area contributed by atoms with Crippen LogP contribution in [0.2, 0.25) is 0 Å². The molecular formula is C59H109NO5. The van der Waals surface area contributed by atoms with E-state index in [0.29, 0.717) is 19.3 Å². The number of carbonyl (C=O) groups excluding carboxylic acids is 2. The van der Waals surface area contributed by atoms with Crippen LogP contribution in [0, 0.1) is 0 Å². The largest absolute Gasteiger partial charge is 0.462 e. The van der Waals surface area contributed by atoms with Crippen molar-refractivity contribution in [1.29, 1.82) is 0 Å². The highest BCUT2D eigenvalue weighted by molar-refractivity contribution is 5.77. The van der Waals surface area contributed by atoms with Crippen molar-refractivity contribution in [3.8, 4) is 0 Å². The maximum absolute atomic E-state index is 13.2. The second kappa shape index (κ2) is 52.8. The highest BCUT2D eigenvalue weighted by Gasteiger charge is 2.24. The lowest BCUT2D eigenvalue weighted by Gasteiger charge is -2.24. The first kappa shape index (κ1) is 62.8. The fourth-order valence-corrected chi connectivity index (χ4v) is 8.66. The Kier molecular flexibility index (Phi) is 51.0. The molecule has 0 aromatic rings. The molecule has 3 atom stereocenters. The van der Waals surface area contributed by atoms with Gasteiger partial charge in [0.1, 0.15) is 6.10 Å². The minimum Gasteiger partial charge on any atom is -0.462 e. The van der Waals surface area contributed by atoms with Gasteiger partial charge in [0.15, 0.2) is 0 Å². The molecule has 380 valence electrons. The van der Waals surface area contributed by atoms with Crippen molar-refractivity contribution in [1.82, 2.24) is 5.32 Å². The van der Waals surface area contributed by atoms with E-state index in [9.17, 15) is 19.8 Å². The van der Waals surface area contributed by atoms with Crippen LogP contribution in [0.5, 0.6) is 0 Å². The smallest absolute Gasteiger partial charge is 0.306 e. The van der Waals surface area contributed by atoms with E-state index < -0.39 is 18.2 Å². The van der Waals surface area contributed by atoms with E-state index in [4.69, 9.17) is 4.74 Å². The summed E-state index contributed by atoms with van der Waals surface area (Å²) in [5.41, 5.74) is 0. The maximum Gasteiger partial charge on any atom is 0.306 e. The molecule has 3 N–H and O–H groups in total. The Morgan fingerprint density at radius 3 is 1.23 bits per heavy atom. The Balaban J connectivity index is 4.56. The number of allylic oxidation sites excluding steroid dienone is 8. The van der Waals surface area contributed by atoms with E-state index in [-0.39, 0.29) is 24.9 Å². The van der Waals surface area contributed by atoms with Gasteiger partial charge in [-0.25, -0.2) is 0 Å². The summed E-state index contributed by atoms with van der Waals surface area (Å²) < 4.78 is 5.93. The van der Waals surface area contributed by atoms with Crippen molar-refractivity contribution in [3.05, 3.63) is 48.6 Å². The topological polar surface area (TPSA) is 95.9 Å². The number of esters is 1. The minimum atomic E-state index is -0.801. The number of amides is 1. The Labute approximate surface area is 404 Å². The number of unbranched alkanes of at least 4 members (excludes halogenated alkanes) is 31. The summed E-state index contributed by atoms with van der Waals surface area (Å²) in [5.74, 6) is -0.516. The molecule has 0 aliphatic rings. The van der Waals surface area contributed by atoms with Crippen molar-refractivity contribution in [3.63, 3.8) is 0 Å². The van der Waals surface area contributed by atoms with Crippen molar-refractivity contribution >= 4 is 11.9 Å². The number of aliphatic hydroxyl groups is 2. The van der Waals surface area contributed by atoms with E-state index in [1.54, 1.807) is 0 Å². The first-order chi connectivity index (χ1) is 32.0. The van der Waals surface area contributed by atoms with E-state index in [2.05, 4.69) is 74.7 Å². The monoisotopic (exact) mass is 912 g/mol. The van der Waals surface area contributed by atoms with Crippen LogP contribution in [0.1, 0.15) is 290 Å². The Morgan fingerprint density at radius 2 is 0.831 bits per heavy atom. The molecule has 3 unspecified atom stereocenters. The van der Waals surface area contributed by atoms with Gasteiger partial charge in [-0.3, -0.25) is 9.59 Å². The molecule has 1 amide bonds. The van der Waals surface area contributed by atoms with E-state index >= 15 is 0 Å². The van der Waals surface area contributed by atoms with Crippen LogP contribution in [0.15, 0.2) is 48.6 Å². The molecule has 0 aromatic heterocycles. The summed E-state index contributed by atoms with van der Waals surface area (Å²) in [5, 5.41) is 23.9. The van der Waals surface area contributed by atoms with Crippen LogP contribution < -0.4 is 5.32 Å². The second-order valence-electron chi connectivity index (χ2n) is 19.3. The molecule has 0 rings (SSSR count). The predicted octanol–water partition coefficient (Wildman–Crippen LogP) is 17.4. The number of ether oxygens (including phenoxy) is 1. The zero-order valence-corrected chi connectivity index (χ0v) is 43.4. The van der Waals surface area contributed by atoms with Gasteiger partial charge in [0.2, 0.25) is 5.91 Å². The maximum atomic E-state index is 13.2. The molecule has 0 saturated carbocycles. The zero-order chi connectivity index (χ0) is 47.4. The van der Waals surface area contributed by atoms with Crippen LogP contribution in [-0.4, -0.2) is 46.9 Å². The van der Waals surface area contributed by atoms with E-state index in [0.717, 1.165) is 77.0 Å². The molecule has 0 aliphatic heterocycles. The number of rotatable bonds is 51. The lowest BCUT2D eigenvalue weighted by Crippen LogP contribution is -2.46. The molecule has 0 heterocycles. The summed E-state index contributed by atoms with van der Waals surface area (Å²) in [6.07, 6.45) is 64.7. The first-order valence-corrected chi connectivity index (χ1v) is 28.4. The molecule has 0 aromatic carbocycles. The van der Waals surface area contributed by atoms with Gasteiger partial charge in [-0.1, -0.05) is 268 Å². The summed E-state index contributed by atoms with van der Waals surface area (Å²) in [6.45, 7) is 6.38. The van der Waals surface area contributed by atoms with Gasteiger partial charge >= 0.3 is 5.97 Å². The molecule has 0 aliphatic carbocycles. The van der Waals surface area contributed by atoms with E-state index in [1.165, 1.54) is 167 Å². The molecule has 0 radical (unpaired) electrons. The van der Waals surface area contributed by atoms with Crippen molar-refractivity contribution in [2.24, 2.45) is 0 Å². The normalized spacial score (nSPS) is 13.5. The van der Waals surface area contributed by atoms with Gasteiger partial charge in [0.25, 0.3) is 0 Å². The van der Waals surface area contributed by atoms with Gasteiger partial charge in [-0.05, 0) is 57.8 Å². The summed E-state index contributed by atoms with van der Waals surface area (Å²) in [6, 6.07) is -0.718. The van der Waals surface area contributed by atoms with Crippen LogP contribution in [0.25, 0.3) is 0 Å². The molecule has 0 fully saturated rings. The highest BCUT2D eigenvalue weighted by atomic mass is 16.5. The van der Waals surface area contributed by atoms with Crippen molar-refractivity contribution in [2.45, 2.75) is 309 Å². The van der Waals surface area contributed by atoms with Gasteiger partial charge in [-0.2, -0.15) is 0 Å². The van der Waals surface area contributed by atoms with Crippen LogP contribution in [0.4, 0.5) is 0 Å². The third kappa shape index (κ3) is 48.1. The quantitative estimate of drug-likeness (QED) is 0.0321. The fourth-order valence-electron chi connectivity index (χ4n) is 8.66. The standard InChI is InChI=1S/C59H109NO5/c1-4-7-10-13-16-19-22-25-28-29-31-33-36-39-42-45-48-51-57(62)56(54-61)60-58(63)53-55(50-47-44-41-38-35-32-27-24-21-18-15-12-9-6-3)65-59(64)52-49-46-43-40-37-34-30-26-23-20-17-14-11-8-5-2/h9,12,18,21,27,32,38,41,55-57,61-62H,4-8,10-11,13-17,19-20,22-26,28-31,33-37,39-40,42-54H2,1-3H3,(H,60,63)/b12-9+,21-18+,32-27+,41-38+. The van der Waals surface area contributed by atoms with Gasteiger partial charge in [0.05, 0.1) is 25.2 Å². The average Bonchev–Trinajstić information content (AvgIpc) is 3.30. The van der Waals surface area contributed by atoms with Crippen LogP contribution >= 0.6 is 0 Å². The number of carbonyl (C=O) groups is 2. The molecule has 6 nitrogen and oxygen atoms in total. The average molecular weight is 913 g/mol. The van der Waals surface area contributed by atoms with Crippen LogP contribution in [-0.2, 0) is 14.3 Å². The van der Waals surface area contributed by atoms with Gasteiger partial charge in [-0.15, -0.1) is 0 Å². The molecule has 0 bridgehead atoms. The van der Waals surface area contributed by atoms with Crippen LogP contribution in [0.3, 0.4) is 0 Å². The van der Waals surface area contributed by atoms with Crippen molar-refractivity contribution in [2.75, 3.05) is 6.61 Å². The first-order valence-electron chi connectivity index (χ1n) is 28.4. The fraction of sp³-hybridized carbons (Fsp3) is 0.831. The Hall–Kier alpha value is -2.18. The van der Waals surface area contributed by atoms with Gasteiger partial charge in [0, 0.05) is 6.42 Å². The number of nitrogens with one attached hydrogen (secondary N) is 1. The van der Waals surface area contributed by atoms with Gasteiger partial charge < -0.3 is 20.3 Å². The Bertz CT molecular complexity index is 1110. The zero-order valence-electron chi connectivity index (χ0n) is 43.4. The molecule has 0 saturated heterocycles. The third-order valence-corrected chi connectivity index (χ3v) is 12.9. The summed E-state index contributed by atoms with van der Waals surface area (Å²) in [4.78, 5) is 26.2. The number of hydrogen-bond acceptors (Lipinski definition) is 5.